The third-order valence-corrected chi connectivity index (χ3v) is 6.15. The molecule has 0 amide bonds. The van der Waals surface area contributed by atoms with E-state index in [1.165, 1.54) is 37.1 Å². The minimum Gasteiger partial charge on any atom is -0.494 e. The molecule has 1 aromatic rings. The van der Waals surface area contributed by atoms with Crippen molar-refractivity contribution in [1.82, 2.24) is 4.90 Å². The highest BCUT2D eigenvalue weighted by atomic mass is 16.5. The smallest absolute Gasteiger partial charge is 0.119 e. The largest absolute Gasteiger partial charge is 0.494 e. The normalized spacial score (nSPS) is 19.9. The molecule has 1 unspecified atom stereocenters. The molecule has 0 saturated carbocycles. The summed E-state index contributed by atoms with van der Waals surface area (Å²) in [6, 6.07) is 6.63. The first kappa shape index (κ1) is 25.1. The van der Waals surface area contributed by atoms with Crippen LogP contribution in [0.2, 0.25) is 0 Å². The molecular formula is C25H43NO4. The number of benzene rings is 1. The van der Waals surface area contributed by atoms with E-state index >= 15 is 0 Å². The second-order valence-electron chi connectivity index (χ2n) is 8.55. The summed E-state index contributed by atoms with van der Waals surface area (Å²) in [5.41, 5.74) is 2.84. The lowest BCUT2D eigenvalue weighted by Crippen LogP contribution is -2.39. The summed E-state index contributed by atoms with van der Waals surface area (Å²) >= 11 is 0. The molecule has 2 rings (SSSR count). The lowest BCUT2D eigenvalue weighted by atomic mass is 9.80. The highest BCUT2D eigenvalue weighted by Gasteiger charge is 2.28. The molecule has 1 aliphatic heterocycles. The van der Waals surface area contributed by atoms with Crippen molar-refractivity contribution in [2.45, 2.75) is 51.9 Å². The van der Waals surface area contributed by atoms with Gasteiger partial charge in [-0.2, -0.15) is 0 Å². The number of piperidine rings is 1. The number of likely N-dealkylation sites (tertiary alicyclic amines) is 1. The van der Waals surface area contributed by atoms with Crippen molar-refractivity contribution >= 4 is 0 Å². The van der Waals surface area contributed by atoms with Gasteiger partial charge in [0.15, 0.2) is 0 Å². The average molecular weight is 422 g/mol. The number of nitrogens with zero attached hydrogens (tertiary/aromatic N) is 1. The molecule has 172 valence electrons. The molecule has 2 atom stereocenters. The van der Waals surface area contributed by atoms with Gasteiger partial charge in [-0.25, -0.2) is 0 Å². The van der Waals surface area contributed by atoms with Gasteiger partial charge in [-0.3, -0.25) is 0 Å². The number of methoxy groups -OCH3 is 2. The summed E-state index contributed by atoms with van der Waals surface area (Å²) in [5, 5.41) is 0. The molecule has 1 aliphatic rings. The molecule has 1 heterocycles. The number of rotatable bonds is 15. The zero-order valence-corrected chi connectivity index (χ0v) is 19.7. The van der Waals surface area contributed by atoms with Crippen molar-refractivity contribution in [2.75, 3.05) is 66.9 Å². The van der Waals surface area contributed by atoms with E-state index in [4.69, 9.17) is 18.9 Å². The van der Waals surface area contributed by atoms with E-state index in [0.717, 1.165) is 51.4 Å². The lowest BCUT2D eigenvalue weighted by molar-refractivity contribution is 0.0674. The molecule has 0 aliphatic carbocycles. The van der Waals surface area contributed by atoms with Gasteiger partial charge in [-0.1, -0.05) is 13.0 Å². The van der Waals surface area contributed by atoms with Crippen LogP contribution >= 0.6 is 0 Å². The van der Waals surface area contributed by atoms with E-state index in [-0.39, 0.29) is 0 Å². The maximum absolute atomic E-state index is 6.07. The standard InChI is InChI=1S/C25H43NO4/c1-21-9-10-23(30-16-8-7-15-29-18-17-28-4)19-24(21)25-20-26(13-11-22(25)2)12-5-6-14-27-3/h9-10,19,22,25H,5-8,11-18,20H2,1-4H3/t22-,25?/m0/s1. The van der Waals surface area contributed by atoms with Crippen LogP contribution in [0.4, 0.5) is 0 Å². The Labute approximate surface area is 184 Å². The molecule has 0 radical (unpaired) electrons. The highest BCUT2D eigenvalue weighted by molar-refractivity contribution is 5.38. The Balaban J connectivity index is 1.82. The maximum atomic E-state index is 6.07. The molecule has 1 aromatic carbocycles. The molecule has 0 spiro atoms. The van der Waals surface area contributed by atoms with Crippen LogP contribution < -0.4 is 4.74 Å². The minimum absolute atomic E-state index is 0.582. The van der Waals surface area contributed by atoms with E-state index in [9.17, 15) is 0 Å². The van der Waals surface area contributed by atoms with Gasteiger partial charge in [0.1, 0.15) is 5.75 Å². The van der Waals surface area contributed by atoms with Gasteiger partial charge >= 0.3 is 0 Å². The molecule has 30 heavy (non-hydrogen) atoms. The summed E-state index contributed by atoms with van der Waals surface area (Å²) in [5.74, 6) is 2.29. The van der Waals surface area contributed by atoms with Crippen LogP contribution in [-0.4, -0.2) is 71.8 Å². The van der Waals surface area contributed by atoms with E-state index < -0.39 is 0 Å². The first-order valence-electron chi connectivity index (χ1n) is 11.7. The molecule has 1 fully saturated rings. The van der Waals surface area contributed by atoms with Gasteiger partial charge in [-0.05, 0) is 87.2 Å². The molecular weight excluding hydrogens is 378 g/mol. The van der Waals surface area contributed by atoms with Crippen LogP contribution in [0.3, 0.4) is 0 Å². The van der Waals surface area contributed by atoms with Crippen molar-refractivity contribution in [3.8, 4) is 5.75 Å². The van der Waals surface area contributed by atoms with Crippen molar-refractivity contribution in [2.24, 2.45) is 5.92 Å². The molecule has 0 aromatic heterocycles. The van der Waals surface area contributed by atoms with E-state index in [1.807, 2.05) is 0 Å². The Bertz CT molecular complexity index is 580. The average Bonchev–Trinajstić information content (AvgIpc) is 2.75. The third kappa shape index (κ3) is 8.93. The quantitative estimate of drug-likeness (QED) is 0.385. The zero-order chi connectivity index (χ0) is 21.6. The summed E-state index contributed by atoms with van der Waals surface area (Å²) in [4.78, 5) is 2.64. The summed E-state index contributed by atoms with van der Waals surface area (Å²) in [6.07, 6.45) is 5.65. The third-order valence-electron chi connectivity index (χ3n) is 6.15. The fourth-order valence-corrected chi connectivity index (χ4v) is 4.17. The first-order chi connectivity index (χ1) is 14.7. The monoisotopic (exact) mass is 421 g/mol. The second-order valence-corrected chi connectivity index (χ2v) is 8.55. The van der Waals surface area contributed by atoms with Crippen molar-refractivity contribution in [1.29, 1.82) is 0 Å². The number of unbranched alkanes of at least 4 members (excludes halogenated alkanes) is 2. The van der Waals surface area contributed by atoms with Gasteiger partial charge in [-0.15, -0.1) is 0 Å². The van der Waals surface area contributed by atoms with E-state index in [0.29, 0.717) is 25.0 Å². The minimum atomic E-state index is 0.582. The highest BCUT2D eigenvalue weighted by Crippen LogP contribution is 2.35. The Morgan fingerprint density at radius 3 is 2.50 bits per heavy atom. The predicted molar refractivity (Wildman–Crippen MR) is 123 cm³/mol. The number of ether oxygens (including phenoxy) is 4. The van der Waals surface area contributed by atoms with Gasteiger partial charge in [0.2, 0.25) is 0 Å². The van der Waals surface area contributed by atoms with E-state index in [1.54, 1.807) is 14.2 Å². The van der Waals surface area contributed by atoms with Crippen LogP contribution in [-0.2, 0) is 14.2 Å². The number of hydrogen-bond acceptors (Lipinski definition) is 5. The summed E-state index contributed by atoms with van der Waals surface area (Å²) in [7, 11) is 3.48. The SMILES string of the molecule is COCCCCN1CC[C@H](C)C(c2cc(OCCCCOCCOC)ccc2C)C1. The molecule has 5 heteroatoms. The Kier molecular flexibility index (Phi) is 12.4. The molecule has 0 bridgehead atoms. The predicted octanol–water partition coefficient (Wildman–Crippen LogP) is 4.67. The summed E-state index contributed by atoms with van der Waals surface area (Å²) < 4.78 is 21.8. The maximum Gasteiger partial charge on any atom is 0.119 e. The topological polar surface area (TPSA) is 40.2 Å². The van der Waals surface area contributed by atoms with Crippen molar-refractivity contribution in [3.05, 3.63) is 29.3 Å². The number of hydrogen-bond donors (Lipinski definition) is 0. The van der Waals surface area contributed by atoms with Crippen molar-refractivity contribution in [3.63, 3.8) is 0 Å². The Morgan fingerprint density at radius 2 is 1.70 bits per heavy atom. The Hall–Kier alpha value is -1.14. The van der Waals surface area contributed by atoms with Gasteiger partial charge in [0.25, 0.3) is 0 Å². The van der Waals surface area contributed by atoms with Crippen molar-refractivity contribution < 1.29 is 18.9 Å². The van der Waals surface area contributed by atoms with Gasteiger partial charge in [0, 0.05) is 34.0 Å². The van der Waals surface area contributed by atoms with Crippen LogP contribution in [0.25, 0.3) is 0 Å². The zero-order valence-electron chi connectivity index (χ0n) is 19.7. The fraction of sp³-hybridized carbons (Fsp3) is 0.760. The van der Waals surface area contributed by atoms with Gasteiger partial charge in [0.05, 0.1) is 19.8 Å². The molecule has 1 saturated heterocycles. The van der Waals surface area contributed by atoms with E-state index in [2.05, 4.69) is 36.9 Å². The van der Waals surface area contributed by atoms with Gasteiger partial charge < -0.3 is 23.8 Å². The van der Waals surface area contributed by atoms with Crippen LogP contribution in [0, 0.1) is 12.8 Å². The first-order valence-corrected chi connectivity index (χ1v) is 11.7. The van der Waals surface area contributed by atoms with Crippen LogP contribution in [0.15, 0.2) is 18.2 Å². The fourth-order valence-electron chi connectivity index (χ4n) is 4.17. The summed E-state index contributed by atoms with van der Waals surface area (Å²) in [6.45, 7) is 11.9. The second kappa shape index (κ2) is 14.8. The lowest BCUT2D eigenvalue weighted by Gasteiger charge is -2.38. The molecule has 5 nitrogen and oxygen atoms in total. The number of aryl methyl sites for hydroxylation is 1. The van der Waals surface area contributed by atoms with Crippen LogP contribution in [0.1, 0.15) is 56.1 Å². The van der Waals surface area contributed by atoms with Crippen LogP contribution in [0.5, 0.6) is 5.75 Å². The molecule has 0 N–H and O–H groups in total. The Morgan fingerprint density at radius 1 is 0.933 bits per heavy atom.